The first-order valence-corrected chi connectivity index (χ1v) is 8.62. The van der Waals surface area contributed by atoms with E-state index in [4.69, 9.17) is 0 Å². The smallest absolute Gasteiger partial charge is 0.352 e. The lowest BCUT2D eigenvalue weighted by molar-refractivity contribution is -0.141. The van der Waals surface area contributed by atoms with Crippen LogP contribution < -0.4 is 5.32 Å². The first kappa shape index (κ1) is 17.0. The van der Waals surface area contributed by atoms with Crippen LogP contribution in [0.3, 0.4) is 0 Å². The second kappa shape index (κ2) is 6.23. The first-order chi connectivity index (χ1) is 11.3. The average molecular weight is 402 g/mol. The van der Waals surface area contributed by atoms with E-state index in [9.17, 15) is 18.0 Å². The van der Waals surface area contributed by atoms with Crippen LogP contribution in [0.15, 0.2) is 18.3 Å². The lowest BCUT2D eigenvalue weighted by Gasteiger charge is -2.21. The van der Waals surface area contributed by atoms with Gasteiger partial charge in [-0.1, -0.05) is 15.9 Å². The molecule has 0 aliphatic carbocycles. The van der Waals surface area contributed by atoms with Crippen molar-refractivity contribution >= 4 is 21.8 Å². The van der Waals surface area contributed by atoms with Gasteiger partial charge in [-0.3, -0.25) is 9.48 Å². The molecule has 0 atom stereocenters. The number of benzene rings is 1. The van der Waals surface area contributed by atoms with Crippen molar-refractivity contribution < 1.29 is 18.0 Å². The fourth-order valence-electron chi connectivity index (χ4n) is 2.91. The number of carbonyl (C=O) groups is 1. The lowest BCUT2D eigenvalue weighted by Crippen LogP contribution is -2.32. The van der Waals surface area contributed by atoms with E-state index < -0.39 is 11.9 Å². The summed E-state index contributed by atoms with van der Waals surface area (Å²) in [6.07, 6.45) is -2.65. The molecule has 0 fully saturated rings. The number of nitrogens with one attached hydrogen (secondary N) is 1. The molecule has 24 heavy (non-hydrogen) atoms. The number of nitrogens with zero attached hydrogens (tertiary/aromatic N) is 2. The van der Waals surface area contributed by atoms with Gasteiger partial charge in [0, 0.05) is 35.7 Å². The number of aryl methyl sites for hydroxylation is 1. The molecule has 2 heterocycles. The quantitative estimate of drug-likeness (QED) is 0.795. The highest BCUT2D eigenvalue weighted by Gasteiger charge is 2.38. The summed E-state index contributed by atoms with van der Waals surface area (Å²) >= 11 is 3.31. The van der Waals surface area contributed by atoms with Crippen LogP contribution >= 0.6 is 15.9 Å². The predicted molar refractivity (Wildman–Crippen MR) is 87.0 cm³/mol. The number of aromatic nitrogens is 2. The highest BCUT2D eigenvalue weighted by Crippen LogP contribution is 2.39. The lowest BCUT2D eigenvalue weighted by atomic mass is 9.89. The van der Waals surface area contributed by atoms with E-state index in [0.29, 0.717) is 41.5 Å². The molecular formula is C16H15BrF3N3O. The topological polar surface area (TPSA) is 46.9 Å². The standard InChI is InChI=1S/C16H15BrF3N3O/c1-2-23-8-13(14(22-23)16(18,19)20)11-5-9(7-17)6-12-10(11)3-4-21-15(12)24/h5-6,8H,2-4,7H2,1H3,(H,21,24). The van der Waals surface area contributed by atoms with Crippen LogP contribution in [0.25, 0.3) is 11.1 Å². The van der Waals surface area contributed by atoms with Gasteiger partial charge in [0.15, 0.2) is 5.69 Å². The number of fused-ring (bicyclic) bond motifs is 1. The van der Waals surface area contributed by atoms with Gasteiger partial charge in [0.1, 0.15) is 0 Å². The van der Waals surface area contributed by atoms with Crippen molar-refractivity contribution in [3.05, 3.63) is 40.7 Å². The third kappa shape index (κ3) is 2.94. The molecule has 0 radical (unpaired) electrons. The van der Waals surface area contributed by atoms with Gasteiger partial charge < -0.3 is 5.32 Å². The van der Waals surface area contributed by atoms with E-state index >= 15 is 0 Å². The minimum atomic E-state index is -4.55. The number of halogens is 4. The molecule has 8 heteroatoms. The molecule has 1 aliphatic heterocycles. The molecule has 1 aromatic heterocycles. The highest BCUT2D eigenvalue weighted by atomic mass is 79.9. The molecule has 0 spiro atoms. The molecule has 1 N–H and O–H groups in total. The summed E-state index contributed by atoms with van der Waals surface area (Å²) in [7, 11) is 0. The first-order valence-electron chi connectivity index (χ1n) is 7.50. The minimum Gasteiger partial charge on any atom is -0.352 e. The molecule has 1 amide bonds. The molecule has 0 saturated heterocycles. The zero-order chi connectivity index (χ0) is 17.5. The molecule has 0 saturated carbocycles. The van der Waals surface area contributed by atoms with Crippen molar-refractivity contribution in [2.45, 2.75) is 31.4 Å². The van der Waals surface area contributed by atoms with Gasteiger partial charge in [0.05, 0.1) is 0 Å². The predicted octanol–water partition coefficient (Wildman–Crippen LogP) is 3.77. The van der Waals surface area contributed by atoms with Crippen molar-refractivity contribution in [3.63, 3.8) is 0 Å². The van der Waals surface area contributed by atoms with Crippen LogP contribution in [0.5, 0.6) is 0 Å². The Morgan fingerprint density at radius 1 is 1.29 bits per heavy atom. The molecule has 0 unspecified atom stereocenters. The fraction of sp³-hybridized carbons (Fsp3) is 0.375. The van der Waals surface area contributed by atoms with Crippen molar-refractivity contribution in [1.82, 2.24) is 15.1 Å². The zero-order valence-corrected chi connectivity index (χ0v) is 14.5. The third-order valence-corrected chi connectivity index (χ3v) is 4.66. The maximum absolute atomic E-state index is 13.4. The Hall–Kier alpha value is -1.83. The molecular weight excluding hydrogens is 387 g/mol. The summed E-state index contributed by atoms with van der Waals surface area (Å²) < 4.78 is 41.5. The van der Waals surface area contributed by atoms with Gasteiger partial charge in [-0.05, 0) is 42.2 Å². The Balaban J connectivity index is 2.28. The van der Waals surface area contributed by atoms with E-state index in [1.807, 2.05) is 0 Å². The number of hydrogen-bond donors (Lipinski definition) is 1. The summed E-state index contributed by atoms with van der Waals surface area (Å²) in [5, 5.41) is 6.86. The van der Waals surface area contributed by atoms with Crippen molar-refractivity contribution in [2.75, 3.05) is 6.54 Å². The van der Waals surface area contributed by atoms with Crippen LogP contribution in [-0.2, 0) is 24.5 Å². The average Bonchev–Trinajstić information content (AvgIpc) is 2.99. The molecule has 1 aliphatic rings. The Bertz CT molecular complexity index is 799. The summed E-state index contributed by atoms with van der Waals surface area (Å²) in [6.45, 7) is 2.48. The van der Waals surface area contributed by atoms with Crippen LogP contribution in [-0.4, -0.2) is 22.2 Å². The minimum absolute atomic E-state index is 0.0260. The summed E-state index contributed by atoms with van der Waals surface area (Å²) in [6, 6.07) is 3.43. The van der Waals surface area contributed by atoms with Crippen molar-refractivity contribution in [1.29, 1.82) is 0 Å². The number of hydrogen-bond acceptors (Lipinski definition) is 2. The van der Waals surface area contributed by atoms with E-state index in [1.165, 1.54) is 10.9 Å². The van der Waals surface area contributed by atoms with E-state index in [2.05, 4.69) is 26.3 Å². The van der Waals surface area contributed by atoms with E-state index in [0.717, 1.165) is 5.56 Å². The highest BCUT2D eigenvalue weighted by molar-refractivity contribution is 9.08. The summed E-state index contributed by atoms with van der Waals surface area (Å²) in [5.41, 5.74) is 1.37. The van der Waals surface area contributed by atoms with Gasteiger partial charge in [-0.25, -0.2) is 0 Å². The van der Waals surface area contributed by atoms with Crippen molar-refractivity contribution in [2.24, 2.45) is 0 Å². The Morgan fingerprint density at radius 3 is 2.62 bits per heavy atom. The third-order valence-electron chi connectivity index (χ3n) is 4.01. The SMILES string of the molecule is CCn1cc(-c2cc(CBr)cc3c2CCNC3=O)c(C(F)(F)F)n1. The largest absolute Gasteiger partial charge is 0.435 e. The second-order valence-corrected chi connectivity index (χ2v) is 6.11. The second-order valence-electron chi connectivity index (χ2n) is 5.55. The van der Waals surface area contributed by atoms with Gasteiger partial charge in [0.25, 0.3) is 5.91 Å². The molecule has 2 aromatic rings. The van der Waals surface area contributed by atoms with Gasteiger partial charge in [-0.15, -0.1) is 0 Å². The van der Waals surface area contributed by atoms with Crippen LogP contribution in [0.1, 0.15) is 34.1 Å². The number of rotatable bonds is 3. The van der Waals surface area contributed by atoms with Crippen LogP contribution in [0, 0.1) is 0 Å². The molecule has 4 nitrogen and oxygen atoms in total. The van der Waals surface area contributed by atoms with Crippen molar-refractivity contribution in [3.8, 4) is 11.1 Å². The summed E-state index contributed by atoms with van der Waals surface area (Å²) in [4.78, 5) is 12.1. The molecule has 1 aromatic carbocycles. The van der Waals surface area contributed by atoms with Gasteiger partial charge >= 0.3 is 6.18 Å². The fourth-order valence-corrected chi connectivity index (χ4v) is 3.23. The normalized spacial score (nSPS) is 14.5. The monoisotopic (exact) mass is 401 g/mol. The summed E-state index contributed by atoms with van der Waals surface area (Å²) in [5.74, 6) is -0.253. The Kier molecular flexibility index (Phi) is 4.42. The maximum Gasteiger partial charge on any atom is 0.435 e. The Labute approximate surface area is 145 Å². The Morgan fingerprint density at radius 2 is 2.00 bits per heavy atom. The molecule has 0 bridgehead atoms. The number of amides is 1. The number of carbonyl (C=O) groups excluding carboxylic acids is 1. The molecule has 3 rings (SSSR count). The van der Waals surface area contributed by atoms with Crippen LogP contribution in [0.4, 0.5) is 13.2 Å². The zero-order valence-electron chi connectivity index (χ0n) is 12.9. The van der Waals surface area contributed by atoms with E-state index in [1.54, 1.807) is 19.1 Å². The van der Waals surface area contributed by atoms with E-state index in [-0.39, 0.29) is 11.5 Å². The molecule has 128 valence electrons. The van der Waals surface area contributed by atoms with Gasteiger partial charge in [0.2, 0.25) is 0 Å². The maximum atomic E-state index is 13.4. The van der Waals surface area contributed by atoms with Gasteiger partial charge in [-0.2, -0.15) is 18.3 Å². The van der Waals surface area contributed by atoms with Crippen LogP contribution in [0.2, 0.25) is 0 Å². The number of alkyl halides is 4.